The second-order valence-electron chi connectivity index (χ2n) is 7.67. The third kappa shape index (κ3) is 3.59. The van der Waals surface area contributed by atoms with E-state index in [2.05, 4.69) is 12.1 Å². The van der Waals surface area contributed by atoms with Gasteiger partial charge < -0.3 is 28.3 Å². The molecule has 1 aromatic carbocycles. The van der Waals surface area contributed by atoms with Crippen LogP contribution >= 0.6 is 0 Å². The zero-order valence-electron chi connectivity index (χ0n) is 17.0. The number of benzene rings is 1. The van der Waals surface area contributed by atoms with Gasteiger partial charge >= 0.3 is 0 Å². The lowest BCUT2D eigenvalue weighted by molar-refractivity contribution is -0.101. The molecule has 1 aromatic heterocycles. The fourth-order valence-corrected chi connectivity index (χ4v) is 4.20. The van der Waals surface area contributed by atoms with Crippen molar-refractivity contribution in [3.63, 3.8) is 0 Å². The van der Waals surface area contributed by atoms with Crippen molar-refractivity contribution in [3.8, 4) is 17.0 Å². The summed E-state index contributed by atoms with van der Waals surface area (Å²) in [6, 6.07) is 7.78. The number of nitrogens with zero attached hydrogens (tertiary/aromatic N) is 1. The Hall–Kier alpha value is -2.77. The van der Waals surface area contributed by atoms with E-state index in [9.17, 15) is 4.79 Å². The summed E-state index contributed by atoms with van der Waals surface area (Å²) in [5.74, 6) is 1.35. The van der Waals surface area contributed by atoms with Crippen molar-refractivity contribution in [1.82, 2.24) is 4.57 Å². The molecule has 1 fully saturated rings. The lowest BCUT2D eigenvalue weighted by Gasteiger charge is -2.27. The monoisotopic (exact) mass is 411 g/mol. The van der Waals surface area contributed by atoms with Gasteiger partial charge in [0.25, 0.3) is 5.56 Å². The maximum Gasteiger partial charge on any atom is 0.254 e. The summed E-state index contributed by atoms with van der Waals surface area (Å²) in [6.45, 7) is 5.83. The molecule has 158 valence electrons. The van der Waals surface area contributed by atoms with E-state index in [1.807, 2.05) is 17.6 Å². The van der Waals surface area contributed by atoms with Crippen molar-refractivity contribution in [2.45, 2.75) is 26.0 Å². The van der Waals surface area contributed by atoms with Crippen LogP contribution in [0.3, 0.4) is 0 Å². The van der Waals surface area contributed by atoms with Crippen LogP contribution in [0.5, 0.6) is 5.75 Å². The van der Waals surface area contributed by atoms with Gasteiger partial charge in [0.2, 0.25) is 0 Å². The Labute approximate surface area is 174 Å². The van der Waals surface area contributed by atoms with E-state index in [-0.39, 0.29) is 11.7 Å². The molecule has 7 heteroatoms. The van der Waals surface area contributed by atoms with Crippen molar-refractivity contribution in [2.75, 3.05) is 39.6 Å². The van der Waals surface area contributed by atoms with Gasteiger partial charge in [0.05, 0.1) is 25.5 Å². The van der Waals surface area contributed by atoms with Crippen molar-refractivity contribution < 1.29 is 23.7 Å². The molecule has 3 aliphatic rings. The predicted molar refractivity (Wildman–Crippen MR) is 111 cm³/mol. The third-order valence-corrected chi connectivity index (χ3v) is 5.72. The summed E-state index contributed by atoms with van der Waals surface area (Å²) in [6.07, 6.45) is 2.34. The first-order valence-electron chi connectivity index (χ1n) is 10.4. The number of pyridine rings is 1. The first-order chi connectivity index (χ1) is 14.7. The Balaban J connectivity index is 1.47. The number of ether oxygens (including phenoxy) is 5. The molecule has 0 saturated carbocycles. The molecule has 5 rings (SSSR count). The van der Waals surface area contributed by atoms with Crippen molar-refractivity contribution >= 4 is 5.76 Å². The lowest BCUT2D eigenvalue weighted by atomic mass is 9.92. The smallest absolute Gasteiger partial charge is 0.254 e. The molecule has 3 aliphatic heterocycles. The van der Waals surface area contributed by atoms with Gasteiger partial charge in [0.15, 0.2) is 5.76 Å². The van der Waals surface area contributed by atoms with Gasteiger partial charge in [-0.3, -0.25) is 4.79 Å². The maximum absolute atomic E-state index is 12.8. The molecule has 0 radical (unpaired) electrons. The van der Waals surface area contributed by atoms with E-state index in [0.717, 1.165) is 34.6 Å². The fourth-order valence-electron chi connectivity index (χ4n) is 4.20. The molecule has 0 N–H and O–H groups in total. The SMILES string of the molecule is Cc1c(OCC2COCCO2)cc(=O)n2c1-c1ccc(C3=COCCO3)cc1CC2. The number of hydrogen-bond donors (Lipinski definition) is 0. The quantitative estimate of drug-likeness (QED) is 0.770. The zero-order valence-corrected chi connectivity index (χ0v) is 17.0. The average Bonchev–Trinajstić information content (AvgIpc) is 2.80. The van der Waals surface area contributed by atoms with Crippen molar-refractivity contribution in [3.05, 3.63) is 57.6 Å². The molecule has 0 bridgehead atoms. The predicted octanol–water partition coefficient (Wildman–Crippen LogP) is 2.52. The number of rotatable bonds is 4. The minimum Gasteiger partial charge on any atom is -0.494 e. The van der Waals surface area contributed by atoms with E-state index < -0.39 is 0 Å². The minimum absolute atomic E-state index is 0.0483. The van der Waals surface area contributed by atoms with E-state index in [1.54, 1.807) is 12.3 Å². The van der Waals surface area contributed by atoms with Gasteiger partial charge in [-0.05, 0) is 25.0 Å². The topological polar surface area (TPSA) is 68.2 Å². The van der Waals surface area contributed by atoms with E-state index in [0.29, 0.717) is 51.9 Å². The van der Waals surface area contributed by atoms with Crippen LogP contribution in [-0.4, -0.2) is 50.3 Å². The first kappa shape index (κ1) is 19.2. The molecule has 0 amide bonds. The Morgan fingerprint density at radius 3 is 2.90 bits per heavy atom. The first-order valence-corrected chi connectivity index (χ1v) is 10.4. The standard InChI is InChI=1S/C23H25NO6/c1-15-20(30-13-18-12-26-6-8-28-18)11-22(25)24-5-4-16-10-17(2-3-19(16)23(15)24)21-14-27-7-9-29-21/h2-3,10-11,14,18H,4-9,12-13H2,1H3. The highest BCUT2D eigenvalue weighted by molar-refractivity contribution is 5.74. The summed E-state index contributed by atoms with van der Waals surface area (Å²) in [4.78, 5) is 12.8. The second-order valence-corrected chi connectivity index (χ2v) is 7.67. The van der Waals surface area contributed by atoms with Crippen molar-refractivity contribution in [1.29, 1.82) is 0 Å². The highest BCUT2D eigenvalue weighted by atomic mass is 16.6. The lowest BCUT2D eigenvalue weighted by Crippen LogP contribution is -2.34. The normalized spacial score (nSPS) is 20.3. The van der Waals surface area contributed by atoms with Crippen LogP contribution in [0.1, 0.15) is 16.7 Å². The number of hydrogen-bond acceptors (Lipinski definition) is 6. The van der Waals surface area contributed by atoms with Gasteiger partial charge in [-0.15, -0.1) is 0 Å². The third-order valence-electron chi connectivity index (χ3n) is 5.72. The second kappa shape index (κ2) is 8.16. The summed E-state index contributed by atoms with van der Waals surface area (Å²) < 4.78 is 30.0. The highest BCUT2D eigenvalue weighted by Crippen LogP contribution is 2.36. The largest absolute Gasteiger partial charge is 0.494 e. The molecule has 1 unspecified atom stereocenters. The van der Waals surface area contributed by atoms with E-state index >= 15 is 0 Å². The maximum atomic E-state index is 12.8. The molecule has 0 aliphatic carbocycles. The highest BCUT2D eigenvalue weighted by Gasteiger charge is 2.24. The van der Waals surface area contributed by atoms with Crippen LogP contribution in [0.25, 0.3) is 17.0 Å². The molecule has 2 aromatic rings. The zero-order chi connectivity index (χ0) is 20.5. The summed E-state index contributed by atoms with van der Waals surface area (Å²) in [7, 11) is 0. The Bertz CT molecular complexity index is 1030. The van der Waals surface area contributed by atoms with Gasteiger partial charge in [-0.25, -0.2) is 0 Å². The summed E-state index contributed by atoms with van der Waals surface area (Å²) in [5.41, 5.74) is 5.06. The van der Waals surface area contributed by atoms with E-state index in [4.69, 9.17) is 23.7 Å². The number of aryl methyl sites for hydroxylation is 1. The van der Waals surface area contributed by atoms with Crippen molar-refractivity contribution in [2.24, 2.45) is 0 Å². The van der Waals surface area contributed by atoms with Crippen LogP contribution < -0.4 is 10.3 Å². The summed E-state index contributed by atoms with van der Waals surface area (Å²) in [5, 5.41) is 0. The van der Waals surface area contributed by atoms with Gasteiger partial charge in [-0.2, -0.15) is 0 Å². The van der Waals surface area contributed by atoms with Gasteiger partial charge in [-0.1, -0.05) is 12.1 Å². The Kier molecular flexibility index (Phi) is 5.23. The molecule has 30 heavy (non-hydrogen) atoms. The van der Waals surface area contributed by atoms with Gasteiger partial charge in [0, 0.05) is 29.3 Å². The van der Waals surface area contributed by atoms with Crippen LogP contribution in [0.2, 0.25) is 0 Å². The molecule has 0 spiro atoms. The summed E-state index contributed by atoms with van der Waals surface area (Å²) >= 11 is 0. The van der Waals surface area contributed by atoms with Crippen LogP contribution in [0, 0.1) is 6.92 Å². The molecule has 7 nitrogen and oxygen atoms in total. The van der Waals surface area contributed by atoms with Crippen LogP contribution in [-0.2, 0) is 31.9 Å². The van der Waals surface area contributed by atoms with Gasteiger partial charge in [0.1, 0.15) is 37.9 Å². The van der Waals surface area contributed by atoms with Crippen LogP contribution in [0.4, 0.5) is 0 Å². The molecular weight excluding hydrogens is 386 g/mol. The average molecular weight is 411 g/mol. The molecule has 4 heterocycles. The van der Waals surface area contributed by atoms with Crippen LogP contribution in [0.15, 0.2) is 35.3 Å². The molecule has 1 saturated heterocycles. The molecular formula is C23H25NO6. The number of aromatic nitrogens is 1. The minimum atomic E-state index is -0.113. The molecule has 1 atom stereocenters. The van der Waals surface area contributed by atoms with E-state index in [1.165, 1.54) is 5.56 Å². The fraction of sp³-hybridized carbons (Fsp3) is 0.435. The number of fused-ring (bicyclic) bond motifs is 3. The Morgan fingerprint density at radius 2 is 2.10 bits per heavy atom. The Morgan fingerprint density at radius 1 is 1.17 bits per heavy atom.